The van der Waals surface area contributed by atoms with Gasteiger partial charge in [-0.05, 0) is 30.4 Å². The van der Waals surface area contributed by atoms with Crippen LogP contribution in [-0.4, -0.2) is 30.5 Å². The number of ether oxygens (including phenoxy) is 1. The minimum atomic E-state index is 0.0405. The molecule has 1 saturated heterocycles. The Balaban J connectivity index is 1.84. The Hall–Kier alpha value is -1.71. The minimum absolute atomic E-state index is 0.0405. The van der Waals surface area contributed by atoms with Gasteiger partial charge in [0.15, 0.2) is 6.61 Å². The Kier molecular flexibility index (Phi) is 3.98. The van der Waals surface area contributed by atoms with E-state index in [1.54, 1.807) is 12.1 Å². The van der Waals surface area contributed by atoms with E-state index in [4.69, 9.17) is 10.5 Å². The number of carbonyl (C=O) groups is 1. The van der Waals surface area contributed by atoms with Crippen molar-refractivity contribution in [2.45, 2.75) is 26.7 Å². The third kappa shape index (κ3) is 3.63. The number of anilines is 1. The second-order valence-electron chi connectivity index (χ2n) is 5.87. The van der Waals surface area contributed by atoms with Crippen LogP contribution in [0.1, 0.15) is 26.7 Å². The molecular formula is C15H22N2O2. The summed E-state index contributed by atoms with van der Waals surface area (Å²) < 4.78 is 5.49. The molecule has 0 atom stereocenters. The third-order valence-corrected chi connectivity index (χ3v) is 3.74. The molecule has 4 heteroatoms. The van der Waals surface area contributed by atoms with Crippen LogP contribution in [0.15, 0.2) is 24.3 Å². The number of benzene rings is 1. The Morgan fingerprint density at radius 2 is 1.95 bits per heavy atom. The fraction of sp³-hybridized carbons (Fsp3) is 0.533. The summed E-state index contributed by atoms with van der Waals surface area (Å²) in [6.45, 7) is 6.19. The molecule has 2 rings (SSSR count). The van der Waals surface area contributed by atoms with Gasteiger partial charge in [-0.15, -0.1) is 0 Å². The number of hydrogen-bond acceptors (Lipinski definition) is 3. The van der Waals surface area contributed by atoms with Gasteiger partial charge in [-0.2, -0.15) is 0 Å². The molecule has 19 heavy (non-hydrogen) atoms. The van der Waals surface area contributed by atoms with E-state index >= 15 is 0 Å². The summed E-state index contributed by atoms with van der Waals surface area (Å²) in [5, 5.41) is 0. The van der Waals surface area contributed by atoms with Crippen LogP contribution in [0.5, 0.6) is 5.75 Å². The number of piperidine rings is 1. The van der Waals surface area contributed by atoms with Gasteiger partial charge in [0.05, 0.1) is 5.69 Å². The lowest BCUT2D eigenvalue weighted by Gasteiger charge is -2.36. The first-order valence-electron chi connectivity index (χ1n) is 6.73. The molecule has 1 aliphatic rings. The molecule has 0 aliphatic carbocycles. The Bertz CT molecular complexity index is 447. The van der Waals surface area contributed by atoms with Crippen molar-refractivity contribution >= 4 is 11.6 Å². The van der Waals surface area contributed by atoms with Crippen molar-refractivity contribution in [1.29, 1.82) is 0 Å². The van der Waals surface area contributed by atoms with Crippen molar-refractivity contribution in [3.05, 3.63) is 24.3 Å². The highest BCUT2D eigenvalue weighted by Crippen LogP contribution is 2.29. The van der Waals surface area contributed by atoms with E-state index in [9.17, 15) is 4.79 Å². The molecule has 1 aromatic carbocycles. The lowest BCUT2D eigenvalue weighted by molar-refractivity contribution is -0.135. The maximum atomic E-state index is 12.1. The summed E-state index contributed by atoms with van der Waals surface area (Å²) >= 11 is 0. The summed E-state index contributed by atoms with van der Waals surface area (Å²) in [7, 11) is 0. The highest BCUT2D eigenvalue weighted by molar-refractivity contribution is 5.78. The van der Waals surface area contributed by atoms with Crippen LogP contribution in [0, 0.1) is 5.41 Å². The van der Waals surface area contributed by atoms with Crippen LogP contribution < -0.4 is 10.5 Å². The van der Waals surface area contributed by atoms with Gasteiger partial charge in [0.1, 0.15) is 5.75 Å². The molecule has 0 unspecified atom stereocenters. The van der Waals surface area contributed by atoms with E-state index in [1.807, 2.05) is 17.0 Å². The van der Waals surface area contributed by atoms with E-state index in [-0.39, 0.29) is 12.5 Å². The van der Waals surface area contributed by atoms with E-state index < -0.39 is 0 Å². The Morgan fingerprint density at radius 1 is 1.32 bits per heavy atom. The van der Waals surface area contributed by atoms with Crippen molar-refractivity contribution in [1.82, 2.24) is 4.90 Å². The first-order chi connectivity index (χ1) is 8.98. The number of para-hydroxylation sites is 2. The van der Waals surface area contributed by atoms with Crippen molar-refractivity contribution in [3.8, 4) is 5.75 Å². The third-order valence-electron chi connectivity index (χ3n) is 3.74. The number of rotatable bonds is 3. The molecule has 104 valence electrons. The quantitative estimate of drug-likeness (QED) is 0.850. The van der Waals surface area contributed by atoms with Crippen molar-refractivity contribution < 1.29 is 9.53 Å². The van der Waals surface area contributed by atoms with E-state index in [1.165, 1.54) is 0 Å². The lowest BCUT2D eigenvalue weighted by atomic mass is 9.83. The number of amides is 1. The molecule has 0 aromatic heterocycles. The van der Waals surface area contributed by atoms with Crippen LogP contribution >= 0.6 is 0 Å². The van der Waals surface area contributed by atoms with E-state index in [0.29, 0.717) is 16.9 Å². The summed E-state index contributed by atoms with van der Waals surface area (Å²) in [5.74, 6) is 0.618. The second kappa shape index (κ2) is 5.51. The number of hydrogen-bond donors (Lipinski definition) is 1. The summed E-state index contributed by atoms with van der Waals surface area (Å²) in [6, 6.07) is 7.24. The molecule has 0 bridgehead atoms. The zero-order valence-electron chi connectivity index (χ0n) is 11.7. The van der Waals surface area contributed by atoms with Gasteiger partial charge in [-0.25, -0.2) is 0 Å². The number of nitrogens with zero attached hydrogens (tertiary/aromatic N) is 1. The van der Waals surface area contributed by atoms with Crippen molar-refractivity contribution in [3.63, 3.8) is 0 Å². The van der Waals surface area contributed by atoms with E-state index in [0.717, 1.165) is 25.9 Å². The molecule has 0 saturated carbocycles. The lowest BCUT2D eigenvalue weighted by Crippen LogP contribution is -2.43. The van der Waals surface area contributed by atoms with Crippen LogP contribution in [0.25, 0.3) is 0 Å². The van der Waals surface area contributed by atoms with E-state index in [2.05, 4.69) is 13.8 Å². The van der Waals surface area contributed by atoms with Crippen LogP contribution in [0.4, 0.5) is 5.69 Å². The van der Waals surface area contributed by atoms with Gasteiger partial charge in [0, 0.05) is 13.1 Å². The number of carbonyl (C=O) groups excluding carboxylic acids is 1. The molecule has 1 amide bonds. The first-order valence-corrected chi connectivity index (χ1v) is 6.73. The molecule has 2 N–H and O–H groups in total. The molecule has 1 aliphatic heterocycles. The first kappa shape index (κ1) is 13.7. The second-order valence-corrected chi connectivity index (χ2v) is 5.87. The molecular weight excluding hydrogens is 240 g/mol. The molecule has 1 heterocycles. The highest BCUT2D eigenvalue weighted by Gasteiger charge is 2.27. The fourth-order valence-corrected chi connectivity index (χ4v) is 2.20. The zero-order chi connectivity index (χ0) is 13.9. The van der Waals surface area contributed by atoms with Crippen molar-refractivity contribution in [2.24, 2.45) is 5.41 Å². The topological polar surface area (TPSA) is 55.6 Å². The molecule has 0 radical (unpaired) electrons. The molecule has 4 nitrogen and oxygen atoms in total. The fourth-order valence-electron chi connectivity index (χ4n) is 2.20. The maximum Gasteiger partial charge on any atom is 0.260 e. The molecule has 1 fully saturated rings. The average molecular weight is 262 g/mol. The largest absolute Gasteiger partial charge is 0.482 e. The minimum Gasteiger partial charge on any atom is -0.482 e. The van der Waals surface area contributed by atoms with Crippen LogP contribution in [0.2, 0.25) is 0 Å². The van der Waals surface area contributed by atoms with Crippen LogP contribution in [0.3, 0.4) is 0 Å². The van der Waals surface area contributed by atoms with Gasteiger partial charge in [-0.3, -0.25) is 4.79 Å². The SMILES string of the molecule is CC1(C)CCN(C(=O)COc2ccccc2N)CC1. The van der Waals surface area contributed by atoms with Gasteiger partial charge < -0.3 is 15.4 Å². The predicted octanol–water partition coefficient (Wildman–Crippen LogP) is 2.30. The smallest absolute Gasteiger partial charge is 0.260 e. The Labute approximate surface area is 114 Å². The predicted molar refractivity (Wildman–Crippen MR) is 75.9 cm³/mol. The Morgan fingerprint density at radius 3 is 2.58 bits per heavy atom. The number of nitrogens with two attached hydrogens (primary N) is 1. The summed E-state index contributed by atoms with van der Waals surface area (Å²) in [6.07, 6.45) is 2.10. The van der Waals surface area contributed by atoms with Gasteiger partial charge >= 0.3 is 0 Å². The monoisotopic (exact) mass is 262 g/mol. The molecule has 0 spiro atoms. The maximum absolute atomic E-state index is 12.1. The number of nitrogen functional groups attached to an aromatic ring is 1. The standard InChI is InChI=1S/C15H22N2O2/c1-15(2)7-9-17(10-8-15)14(18)11-19-13-6-4-3-5-12(13)16/h3-6H,7-11,16H2,1-2H3. The summed E-state index contributed by atoms with van der Waals surface area (Å²) in [5.41, 5.74) is 6.68. The summed E-state index contributed by atoms with van der Waals surface area (Å²) in [4.78, 5) is 13.9. The molecule has 1 aromatic rings. The normalized spacial score (nSPS) is 18.1. The van der Waals surface area contributed by atoms with Gasteiger partial charge in [0.2, 0.25) is 0 Å². The van der Waals surface area contributed by atoms with Crippen molar-refractivity contribution in [2.75, 3.05) is 25.4 Å². The zero-order valence-corrected chi connectivity index (χ0v) is 11.7. The van der Waals surface area contributed by atoms with Gasteiger partial charge in [0.25, 0.3) is 5.91 Å². The van der Waals surface area contributed by atoms with Gasteiger partial charge in [-0.1, -0.05) is 26.0 Å². The average Bonchev–Trinajstić information content (AvgIpc) is 2.37. The number of likely N-dealkylation sites (tertiary alicyclic amines) is 1. The highest BCUT2D eigenvalue weighted by atomic mass is 16.5. The van der Waals surface area contributed by atoms with Crippen LogP contribution in [-0.2, 0) is 4.79 Å².